The van der Waals surface area contributed by atoms with Crippen molar-refractivity contribution in [1.29, 1.82) is 0 Å². The summed E-state index contributed by atoms with van der Waals surface area (Å²) in [5.74, 6) is 0.650. The van der Waals surface area contributed by atoms with Crippen LogP contribution in [0.2, 0.25) is 5.02 Å². The van der Waals surface area contributed by atoms with Crippen molar-refractivity contribution < 1.29 is 9.53 Å². The molecular formula is C19H17ClN4O3S. The van der Waals surface area contributed by atoms with Gasteiger partial charge in [0.2, 0.25) is 0 Å². The Morgan fingerprint density at radius 1 is 1.29 bits per heavy atom. The first-order valence-electron chi connectivity index (χ1n) is 8.18. The van der Waals surface area contributed by atoms with Gasteiger partial charge in [-0.3, -0.25) is 14.6 Å². The van der Waals surface area contributed by atoms with Gasteiger partial charge in [-0.1, -0.05) is 35.5 Å². The fourth-order valence-electron chi connectivity index (χ4n) is 2.36. The molecule has 1 aromatic heterocycles. The van der Waals surface area contributed by atoms with Gasteiger partial charge in [-0.05, 0) is 42.0 Å². The van der Waals surface area contributed by atoms with Crippen molar-refractivity contribution in [3.63, 3.8) is 0 Å². The number of H-pyrrole nitrogens is 1. The molecule has 0 saturated heterocycles. The molecule has 0 unspecified atom stereocenters. The third kappa shape index (κ3) is 4.85. The highest BCUT2D eigenvalue weighted by Crippen LogP contribution is 2.23. The lowest BCUT2D eigenvalue weighted by Gasteiger charge is -2.09. The largest absolute Gasteiger partial charge is 0.497 e. The molecule has 0 saturated carbocycles. The number of nitrogens with two attached hydrogens (primary N) is 1. The molecular weight excluding hydrogens is 400 g/mol. The maximum atomic E-state index is 12.3. The Morgan fingerprint density at radius 2 is 2.04 bits per heavy atom. The van der Waals surface area contributed by atoms with E-state index in [0.717, 1.165) is 5.56 Å². The summed E-state index contributed by atoms with van der Waals surface area (Å²) in [6.07, 6.45) is 0. The number of carbonyl (C=O) groups excluding carboxylic acids is 1. The Bertz CT molecular complexity index is 1050. The molecule has 3 rings (SSSR count). The molecule has 144 valence electrons. The Balaban J connectivity index is 1.72. The number of ether oxygens (including phenoxy) is 1. The minimum absolute atomic E-state index is 0.0563. The molecule has 0 aliphatic heterocycles. The van der Waals surface area contributed by atoms with Crippen molar-refractivity contribution in [1.82, 2.24) is 9.97 Å². The maximum absolute atomic E-state index is 12.3. The highest BCUT2D eigenvalue weighted by molar-refractivity contribution is 7.98. The number of nitrogens with one attached hydrogen (secondary N) is 2. The molecule has 7 nitrogen and oxygen atoms in total. The van der Waals surface area contributed by atoms with E-state index in [2.05, 4.69) is 15.3 Å². The third-order valence-corrected chi connectivity index (χ3v) is 4.96. The zero-order valence-electron chi connectivity index (χ0n) is 14.9. The molecule has 0 fully saturated rings. The summed E-state index contributed by atoms with van der Waals surface area (Å²) >= 11 is 7.27. The number of amides is 1. The molecule has 0 spiro atoms. The molecule has 28 heavy (non-hydrogen) atoms. The molecule has 0 bridgehead atoms. The normalized spacial score (nSPS) is 10.5. The number of hydrogen-bond acceptors (Lipinski definition) is 6. The second kappa shape index (κ2) is 8.81. The fourth-order valence-corrected chi connectivity index (χ4v) is 3.39. The number of aromatic nitrogens is 2. The van der Waals surface area contributed by atoms with E-state index in [1.807, 2.05) is 18.2 Å². The van der Waals surface area contributed by atoms with E-state index in [1.165, 1.54) is 18.9 Å². The molecule has 0 atom stereocenters. The first kappa shape index (κ1) is 19.8. The molecule has 0 aliphatic rings. The van der Waals surface area contributed by atoms with E-state index in [9.17, 15) is 9.59 Å². The van der Waals surface area contributed by atoms with Crippen LogP contribution in [0.4, 0.5) is 11.5 Å². The van der Waals surface area contributed by atoms with Crippen LogP contribution < -0.4 is 21.3 Å². The minimum atomic E-state index is -0.525. The van der Waals surface area contributed by atoms with Crippen LogP contribution in [-0.2, 0) is 5.75 Å². The Kier molecular flexibility index (Phi) is 6.23. The summed E-state index contributed by atoms with van der Waals surface area (Å²) in [5, 5.41) is 3.49. The highest BCUT2D eigenvalue weighted by atomic mass is 35.5. The number of benzene rings is 2. The van der Waals surface area contributed by atoms with Crippen molar-refractivity contribution in [2.75, 3.05) is 18.2 Å². The van der Waals surface area contributed by atoms with Gasteiger partial charge in [0.25, 0.3) is 11.5 Å². The predicted molar refractivity (Wildman–Crippen MR) is 111 cm³/mol. The standard InChI is InChI=1S/C19H17ClN4O3S/c1-27-14-7-5-12(6-8-14)17(25)22-15-16(21)23-19(24-18(15)26)28-10-11-3-2-4-13(20)9-11/h2-9H,10H2,1H3,(H,22,25)(H3,21,23,24,26). The van der Waals surface area contributed by atoms with Crippen LogP contribution in [0.3, 0.4) is 0 Å². The number of nitrogens with zero attached hydrogens (tertiary/aromatic N) is 1. The second-order valence-corrected chi connectivity index (χ2v) is 7.13. The van der Waals surface area contributed by atoms with Crippen molar-refractivity contribution in [3.05, 3.63) is 75.0 Å². The van der Waals surface area contributed by atoms with Crippen molar-refractivity contribution in [2.45, 2.75) is 10.9 Å². The van der Waals surface area contributed by atoms with E-state index < -0.39 is 11.5 Å². The van der Waals surface area contributed by atoms with E-state index >= 15 is 0 Å². The van der Waals surface area contributed by atoms with Gasteiger partial charge in [-0.15, -0.1) is 0 Å². The summed E-state index contributed by atoms with van der Waals surface area (Å²) in [7, 11) is 1.53. The summed E-state index contributed by atoms with van der Waals surface area (Å²) in [5.41, 5.74) is 6.61. The van der Waals surface area contributed by atoms with Crippen molar-refractivity contribution >= 4 is 40.8 Å². The van der Waals surface area contributed by atoms with Crippen LogP contribution in [0.1, 0.15) is 15.9 Å². The quantitative estimate of drug-likeness (QED) is 0.418. The smallest absolute Gasteiger partial charge is 0.277 e. The summed E-state index contributed by atoms with van der Waals surface area (Å²) < 4.78 is 5.05. The van der Waals surface area contributed by atoms with E-state index in [4.69, 9.17) is 22.1 Å². The minimum Gasteiger partial charge on any atom is -0.497 e. The van der Waals surface area contributed by atoms with Gasteiger partial charge < -0.3 is 15.8 Å². The van der Waals surface area contributed by atoms with Gasteiger partial charge in [0.1, 0.15) is 11.4 Å². The Morgan fingerprint density at radius 3 is 2.68 bits per heavy atom. The first-order valence-corrected chi connectivity index (χ1v) is 9.55. The Labute approximate surface area is 170 Å². The van der Waals surface area contributed by atoms with Crippen LogP contribution in [-0.4, -0.2) is 23.0 Å². The number of halogens is 1. The van der Waals surface area contributed by atoms with E-state index in [0.29, 0.717) is 27.2 Å². The molecule has 1 heterocycles. The van der Waals surface area contributed by atoms with Gasteiger partial charge in [-0.2, -0.15) is 0 Å². The predicted octanol–water partition coefficient (Wildman–Crippen LogP) is 3.56. The van der Waals surface area contributed by atoms with Crippen LogP contribution >= 0.6 is 23.4 Å². The van der Waals surface area contributed by atoms with Gasteiger partial charge in [0.05, 0.1) is 7.11 Å². The van der Waals surface area contributed by atoms with Gasteiger partial charge in [0.15, 0.2) is 11.0 Å². The molecule has 2 aromatic carbocycles. The lowest BCUT2D eigenvalue weighted by molar-refractivity contribution is 0.102. The van der Waals surface area contributed by atoms with Crippen molar-refractivity contribution in [2.24, 2.45) is 0 Å². The number of rotatable bonds is 6. The van der Waals surface area contributed by atoms with Gasteiger partial charge in [0, 0.05) is 16.3 Å². The van der Waals surface area contributed by atoms with Crippen LogP contribution in [0.5, 0.6) is 5.75 Å². The van der Waals surface area contributed by atoms with Crippen LogP contribution in [0.25, 0.3) is 0 Å². The number of anilines is 2. The molecule has 3 aromatic rings. The zero-order valence-corrected chi connectivity index (χ0v) is 16.4. The first-order chi connectivity index (χ1) is 13.5. The molecule has 9 heteroatoms. The van der Waals surface area contributed by atoms with Gasteiger partial charge in [-0.25, -0.2) is 4.98 Å². The second-order valence-electron chi connectivity index (χ2n) is 5.73. The summed E-state index contributed by atoms with van der Waals surface area (Å²) in [4.78, 5) is 31.5. The number of carbonyl (C=O) groups is 1. The van der Waals surface area contributed by atoms with Crippen LogP contribution in [0.15, 0.2) is 58.5 Å². The molecule has 4 N–H and O–H groups in total. The highest BCUT2D eigenvalue weighted by Gasteiger charge is 2.14. The number of thioether (sulfide) groups is 1. The number of hydrogen-bond donors (Lipinski definition) is 3. The molecule has 1 amide bonds. The number of aromatic amines is 1. The monoisotopic (exact) mass is 416 g/mol. The van der Waals surface area contributed by atoms with Crippen LogP contribution in [0, 0.1) is 0 Å². The number of nitrogen functional groups attached to an aromatic ring is 1. The average molecular weight is 417 g/mol. The average Bonchev–Trinajstić information content (AvgIpc) is 2.69. The molecule has 0 aliphatic carbocycles. The van der Waals surface area contributed by atoms with E-state index in [-0.39, 0.29) is 11.5 Å². The summed E-state index contributed by atoms with van der Waals surface area (Å²) in [6, 6.07) is 13.9. The fraction of sp³-hybridized carbons (Fsp3) is 0.105. The van der Waals surface area contributed by atoms with Gasteiger partial charge >= 0.3 is 0 Å². The van der Waals surface area contributed by atoms with Crippen molar-refractivity contribution in [3.8, 4) is 5.75 Å². The number of methoxy groups -OCH3 is 1. The third-order valence-electron chi connectivity index (χ3n) is 3.78. The lowest BCUT2D eigenvalue weighted by atomic mass is 10.2. The topological polar surface area (TPSA) is 110 Å². The Hall–Kier alpha value is -2.97. The SMILES string of the molecule is COc1ccc(C(=O)Nc2c(N)nc(SCc3cccc(Cl)c3)[nH]c2=O)cc1. The lowest BCUT2D eigenvalue weighted by Crippen LogP contribution is -2.23. The molecule has 0 radical (unpaired) electrons. The zero-order chi connectivity index (χ0) is 20.1. The maximum Gasteiger partial charge on any atom is 0.277 e. The van der Waals surface area contributed by atoms with E-state index in [1.54, 1.807) is 30.3 Å². The summed E-state index contributed by atoms with van der Waals surface area (Å²) in [6.45, 7) is 0.